The van der Waals surface area contributed by atoms with Crippen molar-refractivity contribution >= 4 is 33.8 Å². The van der Waals surface area contributed by atoms with E-state index in [1.807, 2.05) is 0 Å². The van der Waals surface area contributed by atoms with E-state index < -0.39 is 28.9 Å². The lowest BCUT2D eigenvalue weighted by atomic mass is 9.99. The first-order valence-corrected chi connectivity index (χ1v) is 9.10. The molecule has 1 aliphatic carbocycles. The van der Waals surface area contributed by atoms with E-state index in [0.29, 0.717) is 22.3 Å². The van der Waals surface area contributed by atoms with E-state index in [1.165, 1.54) is 24.6 Å². The normalized spacial score (nSPS) is 21.2. The van der Waals surface area contributed by atoms with Crippen LogP contribution in [0.25, 0.3) is 11.1 Å². The standard InChI is InChI=1S/C17H14F6S2/c1-7-5-24-13(9(7)3)11-12(14-10(4)8(2)6-25-14)16(20,21)17(22,23)15(11,18)19/h5-6H,1-4H3. The minimum absolute atomic E-state index is 0.209. The maximum absolute atomic E-state index is 14.6. The summed E-state index contributed by atoms with van der Waals surface area (Å²) in [4.78, 5) is -0.417. The molecule has 2 aromatic rings. The van der Waals surface area contributed by atoms with Crippen LogP contribution in [0, 0.1) is 27.7 Å². The van der Waals surface area contributed by atoms with Crippen molar-refractivity contribution in [2.45, 2.75) is 45.5 Å². The zero-order valence-electron chi connectivity index (χ0n) is 13.7. The molecule has 2 aromatic heterocycles. The molecule has 0 spiro atoms. The molecule has 1 aliphatic rings. The van der Waals surface area contributed by atoms with E-state index >= 15 is 0 Å². The van der Waals surface area contributed by atoms with Gasteiger partial charge in [0.15, 0.2) is 0 Å². The van der Waals surface area contributed by atoms with Crippen LogP contribution >= 0.6 is 22.7 Å². The van der Waals surface area contributed by atoms with Gasteiger partial charge < -0.3 is 0 Å². The lowest BCUT2D eigenvalue weighted by Gasteiger charge is -2.25. The summed E-state index contributed by atoms with van der Waals surface area (Å²) in [5.41, 5.74) is -0.667. The first-order chi connectivity index (χ1) is 11.4. The molecular formula is C17H14F6S2. The van der Waals surface area contributed by atoms with Gasteiger partial charge in [0, 0.05) is 9.75 Å². The maximum Gasteiger partial charge on any atom is 0.380 e. The van der Waals surface area contributed by atoms with Crippen LogP contribution < -0.4 is 0 Å². The van der Waals surface area contributed by atoms with Crippen molar-refractivity contribution in [1.82, 2.24) is 0 Å². The third kappa shape index (κ3) is 2.19. The van der Waals surface area contributed by atoms with Crippen molar-refractivity contribution in [1.29, 1.82) is 0 Å². The van der Waals surface area contributed by atoms with Gasteiger partial charge in [-0.25, -0.2) is 0 Å². The predicted octanol–water partition coefficient (Wildman–Crippen LogP) is 6.87. The largest absolute Gasteiger partial charge is 0.380 e. The molecule has 0 atom stereocenters. The number of hydrogen-bond acceptors (Lipinski definition) is 2. The highest BCUT2D eigenvalue weighted by molar-refractivity contribution is 7.12. The lowest BCUT2D eigenvalue weighted by molar-refractivity contribution is -0.254. The van der Waals surface area contributed by atoms with Crippen molar-refractivity contribution in [2.75, 3.05) is 0 Å². The fourth-order valence-corrected chi connectivity index (χ4v) is 5.15. The zero-order chi connectivity index (χ0) is 18.9. The Kier molecular flexibility index (Phi) is 3.97. The van der Waals surface area contributed by atoms with Crippen LogP contribution in [-0.4, -0.2) is 17.8 Å². The van der Waals surface area contributed by atoms with E-state index in [0.717, 1.165) is 22.7 Å². The van der Waals surface area contributed by atoms with Crippen molar-refractivity contribution < 1.29 is 26.3 Å². The van der Waals surface area contributed by atoms with Crippen LogP contribution in [0.5, 0.6) is 0 Å². The Balaban J connectivity index is 2.46. The molecule has 2 heterocycles. The van der Waals surface area contributed by atoms with Gasteiger partial charge in [0.25, 0.3) is 0 Å². The Labute approximate surface area is 148 Å². The van der Waals surface area contributed by atoms with Gasteiger partial charge in [0.05, 0.1) is 11.1 Å². The van der Waals surface area contributed by atoms with Crippen LogP contribution in [-0.2, 0) is 0 Å². The Morgan fingerprint density at radius 2 is 0.960 bits per heavy atom. The number of thiophene rings is 2. The lowest BCUT2D eigenvalue weighted by Crippen LogP contribution is -2.48. The SMILES string of the molecule is Cc1csc(C2=C(c3scc(C)c3C)C(F)(F)C(F)(F)C2(F)F)c1C. The fourth-order valence-electron chi connectivity index (χ4n) is 2.84. The molecular weight excluding hydrogens is 382 g/mol. The van der Waals surface area contributed by atoms with Crippen LogP contribution in [0.2, 0.25) is 0 Å². The molecule has 0 nitrogen and oxygen atoms in total. The van der Waals surface area contributed by atoms with Gasteiger partial charge in [-0.3, -0.25) is 0 Å². The topological polar surface area (TPSA) is 0 Å². The molecule has 0 bridgehead atoms. The quantitative estimate of drug-likeness (QED) is 0.486. The van der Waals surface area contributed by atoms with E-state index in [-0.39, 0.29) is 9.75 Å². The molecule has 0 amide bonds. The molecule has 8 heteroatoms. The highest BCUT2D eigenvalue weighted by Crippen LogP contribution is 2.66. The average molecular weight is 396 g/mol. The number of aryl methyl sites for hydroxylation is 2. The number of allylic oxidation sites excluding steroid dienone is 2. The van der Waals surface area contributed by atoms with Gasteiger partial charge in [-0.1, -0.05) is 0 Å². The Morgan fingerprint density at radius 3 is 1.20 bits per heavy atom. The highest BCUT2D eigenvalue weighted by Gasteiger charge is 2.80. The van der Waals surface area contributed by atoms with E-state index in [2.05, 4.69) is 0 Å². The first kappa shape index (κ1) is 18.5. The molecule has 136 valence electrons. The summed E-state index contributed by atoms with van der Waals surface area (Å²) in [5.74, 6) is -15.4. The number of alkyl halides is 6. The van der Waals surface area contributed by atoms with Crippen molar-refractivity contribution in [3.63, 3.8) is 0 Å². The Hall–Kier alpha value is -1.28. The van der Waals surface area contributed by atoms with Crippen molar-refractivity contribution in [3.05, 3.63) is 42.8 Å². The van der Waals surface area contributed by atoms with Gasteiger partial charge in [-0.2, -0.15) is 26.3 Å². The second-order valence-corrected chi connectivity index (χ2v) is 7.98. The summed E-state index contributed by atoms with van der Waals surface area (Å²) < 4.78 is 86.5. The molecule has 3 rings (SSSR count). The van der Waals surface area contributed by atoms with Crippen LogP contribution in [0.15, 0.2) is 10.8 Å². The molecule has 0 N–H and O–H groups in total. The van der Waals surface area contributed by atoms with Crippen molar-refractivity contribution in [3.8, 4) is 0 Å². The molecule has 0 aliphatic heterocycles. The third-order valence-electron chi connectivity index (χ3n) is 4.69. The Bertz CT molecular complexity index is 815. The predicted molar refractivity (Wildman–Crippen MR) is 89.2 cm³/mol. The summed E-state index contributed by atoms with van der Waals surface area (Å²) in [6.45, 7) is 6.20. The Morgan fingerprint density at radius 1 is 0.640 bits per heavy atom. The second kappa shape index (κ2) is 5.36. The minimum Gasteiger partial charge on any atom is -0.194 e. The summed E-state index contributed by atoms with van der Waals surface area (Å²) >= 11 is 1.58. The number of hydrogen-bond donors (Lipinski definition) is 0. The molecule has 0 unspecified atom stereocenters. The second-order valence-electron chi connectivity index (χ2n) is 6.22. The molecule has 25 heavy (non-hydrogen) atoms. The van der Waals surface area contributed by atoms with Gasteiger partial charge in [0.2, 0.25) is 0 Å². The highest BCUT2D eigenvalue weighted by atomic mass is 32.1. The average Bonchev–Trinajstić information content (AvgIpc) is 3.03. The van der Waals surface area contributed by atoms with Gasteiger partial charge in [-0.15, -0.1) is 22.7 Å². The molecule has 0 saturated carbocycles. The summed E-state index contributed by atoms with van der Waals surface area (Å²) in [5, 5.41) is 3.01. The third-order valence-corrected chi connectivity index (χ3v) is 7.13. The van der Waals surface area contributed by atoms with Gasteiger partial charge in [0.1, 0.15) is 0 Å². The van der Waals surface area contributed by atoms with Gasteiger partial charge >= 0.3 is 17.8 Å². The van der Waals surface area contributed by atoms with Gasteiger partial charge in [-0.05, 0) is 60.7 Å². The van der Waals surface area contributed by atoms with Crippen molar-refractivity contribution in [2.24, 2.45) is 0 Å². The summed E-state index contributed by atoms with van der Waals surface area (Å²) in [6, 6.07) is 0. The van der Waals surface area contributed by atoms with E-state index in [1.54, 1.807) is 13.8 Å². The van der Waals surface area contributed by atoms with E-state index in [4.69, 9.17) is 0 Å². The molecule has 0 fully saturated rings. The first-order valence-electron chi connectivity index (χ1n) is 7.34. The zero-order valence-corrected chi connectivity index (χ0v) is 15.4. The molecule has 0 radical (unpaired) electrons. The monoisotopic (exact) mass is 396 g/mol. The van der Waals surface area contributed by atoms with Crippen LogP contribution in [0.3, 0.4) is 0 Å². The van der Waals surface area contributed by atoms with E-state index in [9.17, 15) is 26.3 Å². The fraction of sp³-hybridized carbons (Fsp3) is 0.412. The minimum atomic E-state index is -5.49. The molecule has 0 aromatic carbocycles. The summed E-state index contributed by atoms with van der Waals surface area (Å²) in [6.07, 6.45) is 0. The number of halogens is 6. The smallest absolute Gasteiger partial charge is 0.194 e. The molecule has 0 saturated heterocycles. The summed E-state index contributed by atoms with van der Waals surface area (Å²) in [7, 11) is 0. The van der Waals surface area contributed by atoms with Crippen LogP contribution in [0.1, 0.15) is 32.0 Å². The maximum atomic E-state index is 14.6. The van der Waals surface area contributed by atoms with Crippen LogP contribution in [0.4, 0.5) is 26.3 Å². The number of rotatable bonds is 2.